The molecule has 2 N–H and O–H groups in total. The molecule has 2 aromatic carbocycles. The van der Waals surface area contributed by atoms with E-state index in [4.69, 9.17) is 4.99 Å². The van der Waals surface area contributed by atoms with E-state index in [1.165, 1.54) is 11.1 Å². The first-order chi connectivity index (χ1) is 13.0. The van der Waals surface area contributed by atoms with E-state index in [2.05, 4.69) is 53.6 Å². The van der Waals surface area contributed by atoms with E-state index in [0.29, 0.717) is 12.1 Å². The van der Waals surface area contributed by atoms with Gasteiger partial charge in [-0.2, -0.15) is 0 Å². The van der Waals surface area contributed by atoms with E-state index in [9.17, 15) is 4.79 Å². The van der Waals surface area contributed by atoms with Crippen LogP contribution >= 0.6 is 24.0 Å². The van der Waals surface area contributed by atoms with E-state index in [-0.39, 0.29) is 29.9 Å². The summed E-state index contributed by atoms with van der Waals surface area (Å²) >= 11 is 0. The second-order valence-electron chi connectivity index (χ2n) is 6.61. The number of amides is 1. The zero-order valence-electron chi connectivity index (χ0n) is 17.2. The summed E-state index contributed by atoms with van der Waals surface area (Å²) in [6, 6.07) is 16.3. The molecule has 0 radical (unpaired) electrons. The molecule has 0 aliphatic carbocycles. The minimum Gasteiger partial charge on any atom is -0.357 e. The molecular formula is C22H31IN4O. The summed E-state index contributed by atoms with van der Waals surface area (Å²) in [5, 5.41) is 6.01. The van der Waals surface area contributed by atoms with Crippen molar-refractivity contribution in [1.82, 2.24) is 15.5 Å². The van der Waals surface area contributed by atoms with Gasteiger partial charge in [0.15, 0.2) is 5.96 Å². The number of aryl methyl sites for hydroxylation is 1. The van der Waals surface area contributed by atoms with Crippen LogP contribution in [0.2, 0.25) is 0 Å². The normalized spacial score (nSPS) is 10.8. The highest BCUT2D eigenvalue weighted by atomic mass is 127. The maximum Gasteiger partial charge on any atom is 0.251 e. The average molecular weight is 494 g/mol. The summed E-state index contributed by atoms with van der Waals surface area (Å²) in [7, 11) is 3.69. The summed E-state index contributed by atoms with van der Waals surface area (Å²) in [5.74, 6) is 0.826. The molecule has 2 rings (SSSR count). The molecule has 5 nitrogen and oxygen atoms in total. The van der Waals surface area contributed by atoms with Gasteiger partial charge in [0.05, 0.1) is 0 Å². The number of rotatable bonds is 7. The fourth-order valence-electron chi connectivity index (χ4n) is 2.82. The Morgan fingerprint density at radius 1 is 1.11 bits per heavy atom. The van der Waals surface area contributed by atoms with E-state index >= 15 is 0 Å². The van der Waals surface area contributed by atoms with Gasteiger partial charge < -0.3 is 15.5 Å². The molecule has 0 aromatic heterocycles. The molecule has 1 amide bonds. The van der Waals surface area contributed by atoms with Gasteiger partial charge in [-0.05, 0) is 43.5 Å². The van der Waals surface area contributed by atoms with Gasteiger partial charge in [0.1, 0.15) is 0 Å². The SMILES string of the molecule is CCNC(=NCCc1cccc(C(=O)NC)c1)N(C)Cc1ccc(C)cc1.I. The van der Waals surface area contributed by atoms with Crippen LogP contribution < -0.4 is 10.6 Å². The van der Waals surface area contributed by atoms with Crippen LogP contribution in [0.15, 0.2) is 53.5 Å². The molecule has 0 aliphatic rings. The first-order valence-corrected chi connectivity index (χ1v) is 9.39. The third kappa shape index (κ3) is 7.50. The molecule has 0 spiro atoms. The van der Waals surface area contributed by atoms with E-state index < -0.39 is 0 Å². The third-order valence-electron chi connectivity index (χ3n) is 4.32. The van der Waals surface area contributed by atoms with Crippen LogP contribution in [0.3, 0.4) is 0 Å². The first kappa shape index (κ1) is 23.9. The van der Waals surface area contributed by atoms with Gasteiger partial charge in [0.25, 0.3) is 5.91 Å². The summed E-state index contributed by atoms with van der Waals surface area (Å²) in [6.07, 6.45) is 0.790. The van der Waals surface area contributed by atoms with Crippen LogP contribution in [0, 0.1) is 6.92 Å². The number of carbonyl (C=O) groups is 1. The molecule has 152 valence electrons. The molecule has 0 heterocycles. The first-order valence-electron chi connectivity index (χ1n) is 9.39. The number of nitrogens with zero attached hydrogens (tertiary/aromatic N) is 2. The Hall–Kier alpha value is -2.09. The van der Waals surface area contributed by atoms with Gasteiger partial charge in [-0.1, -0.05) is 42.0 Å². The molecule has 28 heavy (non-hydrogen) atoms. The summed E-state index contributed by atoms with van der Waals surface area (Å²) < 4.78 is 0. The smallest absolute Gasteiger partial charge is 0.251 e. The van der Waals surface area contributed by atoms with Crippen LogP contribution in [0.5, 0.6) is 0 Å². The number of benzene rings is 2. The second kappa shape index (κ2) is 12.4. The summed E-state index contributed by atoms with van der Waals surface area (Å²) in [6.45, 7) is 6.46. The van der Waals surface area contributed by atoms with Crippen molar-refractivity contribution in [3.05, 3.63) is 70.8 Å². The fraction of sp³-hybridized carbons (Fsp3) is 0.364. The summed E-state index contributed by atoms with van der Waals surface area (Å²) in [5.41, 5.74) is 4.31. The van der Waals surface area contributed by atoms with Crippen molar-refractivity contribution in [3.63, 3.8) is 0 Å². The molecule has 0 unspecified atom stereocenters. The van der Waals surface area contributed by atoms with E-state index in [1.54, 1.807) is 7.05 Å². The Morgan fingerprint density at radius 2 is 1.82 bits per heavy atom. The van der Waals surface area contributed by atoms with E-state index in [0.717, 1.165) is 31.0 Å². The highest BCUT2D eigenvalue weighted by molar-refractivity contribution is 14.0. The molecule has 0 saturated carbocycles. The van der Waals surface area contributed by atoms with Gasteiger partial charge in [-0.25, -0.2) is 0 Å². The van der Waals surface area contributed by atoms with Crippen LogP contribution in [-0.4, -0.2) is 44.0 Å². The lowest BCUT2D eigenvalue weighted by Crippen LogP contribution is -2.38. The largest absolute Gasteiger partial charge is 0.357 e. The van der Waals surface area contributed by atoms with Crippen LogP contribution in [0.4, 0.5) is 0 Å². The zero-order chi connectivity index (χ0) is 19.6. The second-order valence-corrected chi connectivity index (χ2v) is 6.61. The van der Waals surface area contributed by atoms with Crippen LogP contribution in [-0.2, 0) is 13.0 Å². The standard InChI is InChI=1S/C22H30N4O.HI/c1-5-24-22(26(4)16-19-11-9-17(2)10-12-19)25-14-13-18-7-6-8-20(15-18)21(27)23-3;/h6-12,15H,5,13-14,16H2,1-4H3,(H,23,27)(H,24,25);1H. The fourth-order valence-corrected chi connectivity index (χ4v) is 2.82. The number of hydrogen-bond acceptors (Lipinski definition) is 2. The minimum absolute atomic E-state index is 0. The number of carbonyl (C=O) groups excluding carboxylic acids is 1. The van der Waals surface area contributed by atoms with Crippen molar-refractivity contribution in [2.24, 2.45) is 4.99 Å². The van der Waals surface area contributed by atoms with Crippen molar-refractivity contribution in [2.45, 2.75) is 26.8 Å². The van der Waals surface area contributed by atoms with Crippen molar-refractivity contribution in [2.75, 3.05) is 27.2 Å². The Balaban J connectivity index is 0.00000392. The number of nitrogens with one attached hydrogen (secondary N) is 2. The Kier molecular flexibility index (Phi) is 10.6. The highest BCUT2D eigenvalue weighted by Crippen LogP contribution is 2.08. The molecule has 0 fully saturated rings. The van der Waals surface area contributed by atoms with Crippen LogP contribution in [0.25, 0.3) is 0 Å². The van der Waals surface area contributed by atoms with Gasteiger partial charge in [0, 0.05) is 39.3 Å². The molecule has 0 saturated heterocycles. The molecule has 2 aromatic rings. The predicted octanol–water partition coefficient (Wildman–Crippen LogP) is 3.61. The van der Waals surface area contributed by atoms with Gasteiger partial charge >= 0.3 is 0 Å². The third-order valence-corrected chi connectivity index (χ3v) is 4.32. The number of aliphatic imine (C=N–C) groups is 1. The number of halogens is 1. The quantitative estimate of drug-likeness (QED) is 0.351. The summed E-state index contributed by atoms with van der Waals surface area (Å²) in [4.78, 5) is 18.6. The van der Waals surface area contributed by atoms with Crippen LogP contribution in [0.1, 0.15) is 34.0 Å². The average Bonchev–Trinajstić information content (AvgIpc) is 2.68. The zero-order valence-corrected chi connectivity index (χ0v) is 19.5. The molecular weight excluding hydrogens is 463 g/mol. The lowest BCUT2D eigenvalue weighted by Gasteiger charge is -2.22. The van der Waals surface area contributed by atoms with Crippen molar-refractivity contribution in [3.8, 4) is 0 Å². The topological polar surface area (TPSA) is 56.7 Å². The van der Waals surface area contributed by atoms with Crippen molar-refractivity contribution in [1.29, 1.82) is 0 Å². The number of guanidine groups is 1. The number of hydrogen-bond donors (Lipinski definition) is 2. The highest BCUT2D eigenvalue weighted by Gasteiger charge is 2.07. The molecule has 0 bridgehead atoms. The van der Waals surface area contributed by atoms with Gasteiger partial charge in [0.2, 0.25) is 0 Å². The van der Waals surface area contributed by atoms with E-state index in [1.807, 2.05) is 31.3 Å². The maximum absolute atomic E-state index is 11.8. The lowest BCUT2D eigenvalue weighted by molar-refractivity contribution is 0.0963. The molecule has 6 heteroatoms. The Labute approximate surface area is 185 Å². The monoisotopic (exact) mass is 494 g/mol. The van der Waals surface area contributed by atoms with Crippen molar-refractivity contribution < 1.29 is 4.79 Å². The predicted molar refractivity (Wildman–Crippen MR) is 128 cm³/mol. The minimum atomic E-state index is -0.0634. The molecule has 0 aliphatic heterocycles. The van der Waals surface area contributed by atoms with Gasteiger partial charge in [-0.15, -0.1) is 24.0 Å². The maximum atomic E-state index is 11.8. The molecule has 0 atom stereocenters. The van der Waals surface area contributed by atoms with Gasteiger partial charge in [-0.3, -0.25) is 9.79 Å². The Bertz CT molecular complexity index is 774. The Morgan fingerprint density at radius 3 is 2.46 bits per heavy atom. The lowest BCUT2D eigenvalue weighted by atomic mass is 10.1. The van der Waals surface area contributed by atoms with Crippen molar-refractivity contribution >= 4 is 35.8 Å².